The summed E-state index contributed by atoms with van der Waals surface area (Å²) >= 11 is 0. The predicted molar refractivity (Wildman–Crippen MR) is 96.5 cm³/mol. The second-order valence-electron chi connectivity index (χ2n) is 6.00. The van der Waals surface area contributed by atoms with Gasteiger partial charge in [0.15, 0.2) is 5.75 Å². The van der Waals surface area contributed by atoms with Crippen LogP contribution in [0.5, 0.6) is 11.5 Å². The van der Waals surface area contributed by atoms with E-state index in [0.29, 0.717) is 6.07 Å². The summed E-state index contributed by atoms with van der Waals surface area (Å²) in [5.74, 6) is -0.356. The van der Waals surface area contributed by atoms with Gasteiger partial charge in [0, 0.05) is 6.07 Å². The first kappa shape index (κ1) is 24.9. The Balaban J connectivity index is 0.000000303. The molecule has 0 aliphatic carbocycles. The number of rotatable bonds is 3. The van der Waals surface area contributed by atoms with Crippen LogP contribution in [0.15, 0.2) is 24.3 Å². The molecule has 0 heterocycles. The van der Waals surface area contributed by atoms with Crippen LogP contribution in [0.2, 0.25) is 0 Å². The van der Waals surface area contributed by atoms with Crippen LogP contribution in [0.25, 0.3) is 0 Å². The maximum Gasteiger partial charge on any atom is 0.416 e. The molecule has 0 aliphatic heterocycles. The fourth-order valence-electron chi connectivity index (χ4n) is 2.48. The molecule has 30 heavy (non-hydrogen) atoms. The highest BCUT2D eigenvalue weighted by Gasteiger charge is 2.35. The van der Waals surface area contributed by atoms with Crippen LogP contribution in [0.3, 0.4) is 0 Å². The predicted octanol–water partition coefficient (Wildman–Crippen LogP) is 5.54. The molecule has 0 atom stereocenters. The van der Waals surface area contributed by atoms with Gasteiger partial charge in [-0.1, -0.05) is 0 Å². The molecule has 0 radical (unpaired) electrons. The number of anilines is 1. The van der Waals surface area contributed by atoms with Gasteiger partial charge in [0.1, 0.15) is 5.75 Å². The first-order valence-electron chi connectivity index (χ1n) is 8.05. The van der Waals surface area contributed by atoms with Crippen LogP contribution in [-0.4, -0.2) is 19.1 Å². The third-order valence-electron chi connectivity index (χ3n) is 3.91. The Labute approximate surface area is 167 Å². The highest BCUT2D eigenvalue weighted by Crippen LogP contribution is 2.38. The second-order valence-corrected chi connectivity index (χ2v) is 6.00. The first-order valence-corrected chi connectivity index (χ1v) is 8.05. The Bertz CT molecular complexity index is 926. The minimum atomic E-state index is -4.55. The normalized spacial score (nSPS) is 11.4. The zero-order chi connectivity index (χ0) is 23.4. The van der Waals surface area contributed by atoms with Gasteiger partial charge in [-0.15, -0.1) is 0 Å². The summed E-state index contributed by atoms with van der Waals surface area (Å²) in [7, 11) is 2.36. The lowest BCUT2D eigenvalue weighted by atomic mass is 10.1. The van der Waals surface area contributed by atoms with Crippen LogP contribution in [0, 0.1) is 24.0 Å². The first-order chi connectivity index (χ1) is 13.6. The quantitative estimate of drug-likeness (QED) is 0.293. The van der Waals surface area contributed by atoms with E-state index in [4.69, 9.17) is 10.5 Å². The standard InChI is InChI=1S/C9H8F3NO3.C9H10F3NO/c1-5-3-7(13(14)15)8(16-2)4-6(5)9(10,11)12;1-5-3-7(13)8(14-2)4-6(5)9(10,11)12/h3-4H,1-2H3;3-4H,13H2,1-2H3. The number of nitro groups is 1. The molecule has 0 aliphatic rings. The van der Waals surface area contributed by atoms with E-state index in [1.165, 1.54) is 20.1 Å². The monoisotopic (exact) mass is 440 g/mol. The minimum Gasteiger partial charge on any atom is -0.495 e. The van der Waals surface area contributed by atoms with Crippen molar-refractivity contribution in [3.8, 4) is 11.5 Å². The average molecular weight is 440 g/mol. The molecule has 2 rings (SSSR count). The lowest BCUT2D eigenvalue weighted by Crippen LogP contribution is -2.08. The highest BCUT2D eigenvalue weighted by atomic mass is 19.4. The maximum atomic E-state index is 12.5. The van der Waals surface area contributed by atoms with Gasteiger partial charge in [0.05, 0.1) is 36.0 Å². The molecule has 0 saturated carbocycles. The van der Waals surface area contributed by atoms with Crippen molar-refractivity contribution in [3.05, 3.63) is 56.6 Å². The molecule has 0 spiro atoms. The zero-order valence-corrected chi connectivity index (χ0v) is 16.2. The highest BCUT2D eigenvalue weighted by molar-refractivity contribution is 5.57. The van der Waals surface area contributed by atoms with Gasteiger partial charge in [0.2, 0.25) is 0 Å². The molecule has 0 amide bonds. The van der Waals surface area contributed by atoms with Crippen molar-refractivity contribution in [2.75, 3.05) is 20.0 Å². The number of nitrogen functional groups attached to an aromatic ring is 1. The van der Waals surface area contributed by atoms with E-state index in [-0.39, 0.29) is 22.6 Å². The third kappa shape index (κ3) is 5.91. The van der Waals surface area contributed by atoms with Crippen molar-refractivity contribution in [2.24, 2.45) is 0 Å². The smallest absolute Gasteiger partial charge is 0.416 e. The van der Waals surface area contributed by atoms with Gasteiger partial charge >= 0.3 is 18.0 Å². The van der Waals surface area contributed by atoms with Crippen LogP contribution in [0.4, 0.5) is 37.7 Å². The van der Waals surface area contributed by atoms with Crippen molar-refractivity contribution >= 4 is 11.4 Å². The van der Waals surface area contributed by atoms with Gasteiger partial charge in [-0.25, -0.2) is 0 Å². The van der Waals surface area contributed by atoms with E-state index in [1.807, 2.05) is 0 Å². The summed E-state index contributed by atoms with van der Waals surface area (Å²) in [4.78, 5) is 9.75. The molecule has 6 nitrogen and oxygen atoms in total. The largest absolute Gasteiger partial charge is 0.495 e. The summed E-state index contributed by atoms with van der Waals surface area (Å²) in [5, 5.41) is 10.5. The van der Waals surface area contributed by atoms with Crippen molar-refractivity contribution in [1.29, 1.82) is 0 Å². The van der Waals surface area contributed by atoms with Crippen LogP contribution in [-0.2, 0) is 12.4 Å². The van der Waals surface area contributed by atoms with Crippen LogP contribution in [0.1, 0.15) is 22.3 Å². The zero-order valence-electron chi connectivity index (χ0n) is 16.2. The molecule has 0 fully saturated rings. The second kappa shape index (κ2) is 9.09. The molecule has 2 aromatic carbocycles. The Morgan fingerprint density at radius 2 is 1.23 bits per heavy atom. The number of methoxy groups -OCH3 is 2. The number of alkyl halides is 6. The van der Waals surface area contributed by atoms with Gasteiger partial charge < -0.3 is 15.2 Å². The molecule has 0 bridgehead atoms. The van der Waals surface area contributed by atoms with E-state index in [0.717, 1.165) is 26.2 Å². The summed E-state index contributed by atoms with van der Waals surface area (Å²) < 4.78 is 83.9. The van der Waals surface area contributed by atoms with E-state index in [9.17, 15) is 36.5 Å². The summed E-state index contributed by atoms with van der Waals surface area (Å²) in [5.41, 5.74) is 3.41. The number of nitro benzene ring substituents is 1. The topological polar surface area (TPSA) is 87.6 Å². The number of nitrogens with two attached hydrogens (primary N) is 1. The van der Waals surface area contributed by atoms with Crippen LogP contribution < -0.4 is 15.2 Å². The molecule has 0 unspecified atom stereocenters. The van der Waals surface area contributed by atoms with Crippen molar-refractivity contribution < 1.29 is 40.7 Å². The Morgan fingerprint density at radius 3 is 1.60 bits per heavy atom. The molecule has 12 heteroatoms. The molecule has 2 aromatic rings. The van der Waals surface area contributed by atoms with Crippen LogP contribution >= 0.6 is 0 Å². The number of benzene rings is 2. The fraction of sp³-hybridized carbons (Fsp3) is 0.333. The Kier molecular flexibility index (Phi) is 7.54. The van der Waals surface area contributed by atoms with E-state index < -0.39 is 39.8 Å². The fourth-order valence-corrected chi connectivity index (χ4v) is 2.48. The number of nitrogens with zero attached hydrogens (tertiary/aromatic N) is 1. The van der Waals surface area contributed by atoms with Gasteiger partial charge in [0.25, 0.3) is 0 Å². The van der Waals surface area contributed by atoms with Crippen molar-refractivity contribution in [1.82, 2.24) is 0 Å². The number of aryl methyl sites for hydroxylation is 2. The lowest BCUT2D eigenvalue weighted by molar-refractivity contribution is -0.385. The Hall–Kier alpha value is -3.18. The SMILES string of the molecule is COc1cc(C(F)(F)F)c(C)cc1N.COc1cc(C(F)(F)F)c(C)cc1[N+](=O)[O-]. The van der Waals surface area contributed by atoms with Gasteiger partial charge in [-0.05, 0) is 43.2 Å². The number of hydrogen-bond acceptors (Lipinski definition) is 5. The number of halogens is 6. The van der Waals surface area contributed by atoms with Gasteiger partial charge in [-0.3, -0.25) is 10.1 Å². The van der Waals surface area contributed by atoms with Crippen molar-refractivity contribution in [2.45, 2.75) is 26.2 Å². The van der Waals surface area contributed by atoms with E-state index in [2.05, 4.69) is 4.74 Å². The number of hydrogen-bond donors (Lipinski definition) is 1. The maximum absolute atomic E-state index is 12.5. The molecular formula is C18H18F6N2O4. The van der Waals surface area contributed by atoms with E-state index >= 15 is 0 Å². The molecule has 166 valence electrons. The summed E-state index contributed by atoms with van der Waals surface area (Å²) in [6.07, 6.45) is -8.92. The number of ether oxygens (including phenoxy) is 2. The molecule has 0 aromatic heterocycles. The summed E-state index contributed by atoms with van der Waals surface area (Å²) in [6, 6.07) is 3.64. The molecule has 2 N–H and O–H groups in total. The third-order valence-corrected chi connectivity index (χ3v) is 3.91. The minimum absolute atomic E-state index is 0.0444. The van der Waals surface area contributed by atoms with Gasteiger partial charge in [-0.2, -0.15) is 26.3 Å². The molecule has 0 saturated heterocycles. The summed E-state index contributed by atoms with van der Waals surface area (Å²) in [6.45, 7) is 2.52. The lowest BCUT2D eigenvalue weighted by Gasteiger charge is -2.13. The van der Waals surface area contributed by atoms with E-state index in [1.54, 1.807) is 0 Å². The average Bonchev–Trinajstić information content (AvgIpc) is 2.60. The molecular weight excluding hydrogens is 422 g/mol. The Morgan fingerprint density at radius 1 is 0.833 bits per heavy atom. The van der Waals surface area contributed by atoms with Crippen molar-refractivity contribution in [3.63, 3.8) is 0 Å².